The van der Waals surface area contributed by atoms with Crippen molar-refractivity contribution in [3.63, 3.8) is 0 Å². The Kier molecular flexibility index (Phi) is 15.1. The standard InChI is InChI=1S/C18H26N2O2.C14H22N2O.C4H5ClO/c1-2-19-11-6-12-22-17(13-19)14-20(18(21)15-9-10-15)16-7-4-3-5-8-16;1-2-16-9-6-10-17-14(12-16)11-15-13-7-4-3-5-8-13;5-4(6)3-1-2-3/h3-5,7-8,15,17H,2,6,9-14H2,1H3;3-5,7-8,14-15H,2,6,9-12H2,1H3;3H,1-2H2. The van der Waals surface area contributed by atoms with Crippen LogP contribution in [0.3, 0.4) is 0 Å². The van der Waals surface area contributed by atoms with Crippen LogP contribution in [0.5, 0.6) is 0 Å². The highest BCUT2D eigenvalue weighted by molar-refractivity contribution is 6.64. The van der Waals surface area contributed by atoms with Gasteiger partial charge in [0.05, 0.1) is 18.8 Å². The van der Waals surface area contributed by atoms with Gasteiger partial charge < -0.3 is 29.5 Å². The van der Waals surface area contributed by atoms with Crippen molar-refractivity contribution in [2.24, 2.45) is 11.8 Å². The van der Waals surface area contributed by atoms with Crippen LogP contribution in [-0.4, -0.2) is 98.7 Å². The van der Waals surface area contributed by atoms with Gasteiger partial charge in [-0.25, -0.2) is 0 Å². The van der Waals surface area contributed by atoms with Crippen molar-refractivity contribution in [1.82, 2.24) is 9.80 Å². The van der Waals surface area contributed by atoms with Crippen LogP contribution in [0.15, 0.2) is 60.7 Å². The first-order valence-corrected chi connectivity index (χ1v) is 17.4. The van der Waals surface area contributed by atoms with Gasteiger partial charge in [0, 0.05) is 69.1 Å². The molecule has 4 fully saturated rings. The summed E-state index contributed by atoms with van der Waals surface area (Å²) in [6.45, 7) is 14.0. The zero-order valence-electron chi connectivity index (χ0n) is 27.2. The van der Waals surface area contributed by atoms with E-state index >= 15 is 0 Å². The molecule has 45 heavy (non-hydrogen) atoms. The molecule has 4 aliphatic rings. The fourth-order valence-corrected chi connectivity index (χ4v) is 5.75. The Morgan fingerprint density at radius 1 is 0.800 bits per heavy atom. The SMILES string of the molecule is CCN1CCCOC(CN(C(=O)C2CC2)c2ccccc2)C1.CCN1CCCOC(CNc2ccccc2)C1.O=C(Cl)C1CC1. The Morgan fingerprint density at radius 3 is 1.84 bits per heavy atom. The van der Waals surface area contributed by atoms with E-state index in [1.165, 1.54) is 12.2 Å². The lowest BCUT2D eigenvalue weighted by atomic mass is 10.2. The van der Waals surface area contributed by atoms with E-state index in [0.29, 0.717) is 12.6 Å². The number of para-hydroxylation sites is 2. The number of anilines is 2. The fourth-order valence-electron chi connectivity index (χ4n) is 5.53. The first-order valence-electron chi connectivity index (χ1n) is 17.0. The van der Waals surface area contributed by atoms with Gasteiger partial charge in [-0.3, -0.25) is 9.59 Å². The molecule has 0 aromatic heterocycles. The highest BCUT2D eigenvalue weighted by atomic mass is 35.5. The second-order valence-electron chi connectivity index (χ2n) is 12.4. The normalized spacial score (nSPS) is 22.4. The van der Waals surface area contributed by atoms with Gasteiger partial charge in [-0.05, 0) is 87.5 Å². The summed E-state index contributed by atoms with van der Waals surface area (Å²) in [4.78, 5) is 29.5. The Morgan fingerprint density at radius 2 is 1.33 bits per heavy atom. The maximum absolute atomic E-state index is 12.7. The summed E-state index contributed by atoms with van der Waals surface area (Å²) in [7, 11) is 0. The summed E-state index contributed by atoms with van der Waals surface area (Å²) in [5.41, 5.74) is 2.17. The summed E-state index contributed by atoms with van der Waals surface area (Å²) in [5, 5.41) is 3.28. The molecule has 9 heteroatoms. The molecule has 0 spiro atoms. The molecule has 2 saturated heterocycles. The van der Waals surface area contributed by atoms with E-state index in [1.54, 1.807) is 0 Å². The number of halogens is 1. The Labute approximate surface area is 275 Å². The summed E-state index contributed by atoms with van der Waals surface area (Å²) in [6.07, 6.45) is 6.74. The number of nitrogens with one attached hydrogen (secondary N) is 1. The number of amides is 1. The molecule has 2 unspecified atom stereocenters. The predicted molar refractivity (Wildman–Crippen MR) is 183 cm³/mol. The fraction of sp³-hybridized carbons (Fsp3) is 0.611. The number of carbonyl (C=O) groups is 2. The van der Waals surface area contributed by atoms with Crippen molar-refractivity contribution in [3.8, 4) is 0 Å². The maximum atomic E-state index is 12.7. The van der Waals surface area contributed by atoms with Crippen molar-refractivity contribution in [3.05, 3.63) is 60.7 Å². The smallest absolute Gasteiger partial charge is 0.230 e. The molecule has 2 heterocycles. The minimum atomic E-state index is -0.157. The third kappa shape index (κ3) is 13.0. The molecule has 6 rings (SSSR count). The minimum Gasteiger partial charge on any atom is -0.382 e. The van der Waals surface area contributed by atoms with Gasteiger partial charge in [0.15, 0.2) is 0 Å². The molecular weight excluding hydrogens is 588 g/mol. The highest BCUT2D eigenvalue weighted by Gasteiger charge is 2.35. The molecule has 2 aliphatic heterocycles. The Hall–Kier alpha value is -2.49. The second-order valence-corrected chi connectivity index (χ2v) is 12.7. The molecule has 2 atom stereocenters. The summed E-state index contributed by atoms with van der Waals surface area (Å²) < 4.78 is 11.9. The molecule has 0 bridgehead atoms. The van der Waals surface area contributed by atoms with E-state index in [9.17, 15) is 9.59 Å². The molecule has 1 amide bonds. The van der Waals surface area contributed by atoms with E-state index in [-0.39, 0.29) is 29.1 Å². The molecule has 2 saturated carbocycles. The largest absolute Gasteiger partial charge is 0.382 e. The predicted octanol–water partition coefficient (Wildman–Crippen LogP) is 5.91. The molecule has 2 aromatic rings. The van der Waals surface area contributed by atoms with Gasteiger partial charge in [0.25, 0.3) is 0 Å². The zero-order chi connectivity index (χ0) is 31.9. The highest BCUT2D eigenvalue weighted by Crippen LogP contribution is 2.33. The molecule has 2 aliphatic carbocycles. The molecule has 2 aromatic carbocycles. The van der Waals surface area contributed by atoms with E-state index in [4.69, 9.17) is 21.1 Å². The van der Waals surface area contributed by atoms with Crippen LogP contribution >= 0.6 is 11.6 Å². The van der Waals surface area contributed by atoms with E-state index in [2.05, 4.69) is 53.2 Å². The average Bonchev–Trinajstić information content (AvgIpc) is 3.96. The number of carbonyl (C=O) groups excluding carboxylic acids is 2. The van der Waals surface area contributed by atoms with Crippen molar-refractivity contribution in [2.75, 3.05) is 75.8 Å². The molecular formula is C36H53ClN4O4. The lowest BCUT2D eigenvalue weighted by Crippen LogP contribution is -2.43. The third-order valence-electron chi connectivity index (χ3n) is 8.62. The van der Waals surface area contributed by atoms with Crippen molar-refractivity contribution in [2.45, 2.75) is 64.6 Å². The Bertz CT molecular complexity index is 1130. The minimum absolute atomic E-state index is 0.102. The maximum Gasteiger partial charge on any atom is 0.230 e. The lowest BCUT2D eigenvalue weighted by Gasteiger charge is -2.29. The van der Waals surface area contributed by atoms with Crippen LogP contribution in [0.1, 0.15) is 52.4 Å². The van der Waals surface area contributed by atoms with Gasteiger partial charge in [-0.2, -0.15) is 0 Å². The zero-order valence-corrected chi connectivity index (χ0v) is 28.0. The van der Waals surface area contributed by atoms with Crippen LogP contribution in [0.25, 0.3) is 0 Å². The lowest BCUT2D eigenvalue weighted by molar-refractivity contribution is -0.120. The summed E-state index contributed by atoms with van der Waals surface area (Å²) in [5.74, 6) is 0.724. The molecule has 0 radical (unpaired) electrons. The van der Waals surface area contributed by atoms with Crippen LogP contribution < -0.4 is 10.2 Å². The second kappa shape index (κ2) is 19.2. The number of rotatable bonds is 10. The number of hydrogen-bond acceptors (Lipinski definition) is 7. The van der Waals surface area contributed by atoms with Crippen molar-refractivity contribution < 1.29 is 19.1 Å². The molecule has 8 nitrogen and oxygen atoms in total. The average molecular weight is 641 g/mol. The van der Waals surface area contributed by atoms with Crippen LogP contribution in [0.4, 0.5) is 11.4 Å². The Balaban J connectivity index is 0.000000177. The van der Waals surface area contributed by atoms with Crippen LogP contribution in [-0.2, 0) is 19.1 Å². The van der Waals surface area contributed by atoms with Gasteiger partial charge in [-0.1, -0.05) is 50.2 Å². The topological polar surface area (TPSA) is 74.3 Å². The summed E-state index contributed by atoms with van der Waals surface area (Å²) in [6, 6.07) is 20.3. The van der Waals surface area contributed by atoms with Crippen LogP contribution in [0, 0.1) is 11.8 Å². The van der Waals surface area contributed by atoms with Gasteiger partial charge in [0.1, 0.15) is 0 Å². The first-order chi connectivity index (χ1) is 22.0. The molecule has 248 valence electrons. The van der Waals surface area contributed by atoms with Gasteiger partial charge in [0.2, 0.25) is 11.1 Å². The van der Waals surface area contributed by atoms with Crippen molar-refractivity contribution >= 4 is 34.1 Å². The van der Waals surface area contributed by atoms with Crippen molar-refractivity contribution in [1.29, 1.82) is 0 Å². The van der Waals surface area contributed by atoms with Gasteiger partial charge in [-0.15, -0.1) is 0 Å². The monoisotopic (exact) mass is 640 g/mol. The number of hydrogen-bond donors (Lipinski definition) is 1. The van der Waals surface area contributed by atoms with Gasteiger partial charge >= 0.3 is 0 Å². The summed E-state index contributed by atoms with van der Waals surface area (Å²) >= 11 is 5.04. The third-order valence-corrected chi connectivity index (χ3v) is 8.92. The molecule has 1 N–H and O–H groups in total. The van der Waals surface area contributed by atoms with E-state index < -0.39 is 0 Å². The number of likely N-dealkylation sites (N-methyl/N-ethyl adjacent to an activating group) is 2. The van der Waals surface area contributed by atoms with Crippen LogP contribution in [0.2, 0.25) is 0 Å². The first kappa shape index (κ1) is 35.4. The number of nitrogens with zero attached hydrogens (tertiary/aromatic N) is 3. The number of benzene rings is 2. The number of ether oxygens (including phenoxy) is 2. The van der Waals surface area contributed by atoms with E-state index in [0.717, 1.165) is 96.7 Å². The van der Waals surface area contributed by atoms with E-state index in [1.807, 2.05) is 41.3 Å². The quantitative estimate of drug-likeness (QED) is 0.324.